The molecule has 1 aromatic carbocycles. The largest absolute Gasteiger partial charge is 0.360 e. The molecule has 0 amide bonds. The van der Waals surface area contributed by atoms with E-state index in [1.54, 1.807) is 11.3 Å². The highest BCUT2D eigenvalue weighted by Crippen LogP contribution is 2.30. The average molecular weight is 214 g/mol. The Morgan fingerprint density at radius 3 is 2.93 bits per heavy atom. The molecule has 0 radical (unpaired) electrons. The zero-order chi connectivity index (χ0) is 10.3. The molecule has 0 spiro atoms. The third-order valence-corrected chi connectivity index (χ3v) is 3.43. The SMILES string of the molecule is Cc1csc(-c2c[nH]c3ccccc23)n1. The molecule has 74 valence electrons. The second-order valence-electron chi connectivity index (χ2n) is 3.54. The molecule has 3 rings (SSSR count). The molecule has 0 bridgehead atoms. The summed E-state index contributed by atoms with van der Waals surface area (Å²) in [5.41, 5.74) is 3.45. The fourth-order valence-electron chi connectivity index (χ4n) is 1.73. The molecule has 3 heteroatoms. The van der Waals surface area contributed by atoms with E-state index in [9.17, 15) is 0 Å². The number of benzene rings is 1. The van der Waals surface area contributed by atoms with E-state index in [-0.39, 0.29) is 0 Å². The molecule has 0 saturated heterocycles. The van der Waals surface area contributed by atoms with Gasteiger partial charge in [-0.3, -0.25) is 0 Å². The summed E-state index contributed by atoms with van der Waals surface area (Å²) < 4.78 is 0. The number of nitrogens with zero attached hydrogens (tertiary/aromatic N) is 1. The summed E-state index contributed by atoms with van der Waals surface area (Å²) in [6.07, 6.45) is 2.03. The summed E-state index contributed by atoms with van der Waals surface area (Å²) in [6, 6.07) is 8.30. The van der Waals surface area contributed by atoms with Crippen LogP contribution < -0.4 is 0 Å². The molecular formula is C12H10N2S. The summed E-state index contributed by atoms with van der Waals surface area (Å²) in [4.78, 5) is 7.76. The number of aromatic nitrogens is 2. The number of H-pyrrole nitrogens is 1. The number of hydrogen-bond acceptors (Lipinski definition) is 2. The van der Waals surface area contributed by atoms with Gasteiger partial charge in [0.25, 0.3) is 0 Å². The van der Waals surface area contributed by atoms with E-state index in [0.717, 1.165) is 10.7 Å². The van der Waals surface area contributed by atoms with Gasteiger partial charge >= 0.3 is 0 Å². The van der Waals surface area contributed by atoms with E-state index in [0.29, 0.717) is 0 Å². The zero-order valence-electron chi connectivity index (χ0n) is 8.32. The number of aryl methyl sites for hydroxylation is 1. The third kappa shape index (κ3) is 1.36. The van der Waals surface area contributed by atoms with Gasteiger partial charge in [-0.2, -0.15) is 0 Å². The van der Waals surface area contributed by atoms with Crippen molar-refractivity contribution in [2.24, 2.45) is 0 Å². The van der Waals surface area contributed by atoms with Gasteiger partial charge in [-0.1, -0.05) is 18.2 Å². The van der Waals surface area contributed by atoms with Crippen molar-refractivity contribution in [3.8, 4) is 10.6 Å². The Kier molecular flexibility index (Phi) is 1.86. The van der Waals surface area contributed by atoms with Crippen LogP contribution in [-0.4, -0.2) is 9.97 Å². The first-order valence-electron chi connectivity index (χ1n) is 4.83. The van der Waals surface area contributed by atoms with Crippen molar-refractivity contribution in [1.82, 2.24) is 9.97 Å². The predicted molar refractivity (Wildman–Crippen MR) is 64.1 cm³/mol. The van der Waals surface area contributed by atoms with Gasteiger partial charge in [0.05, 0.1) is 0 Å². The fourth-order valence-corrected chi connectivity index (χ4v) is 2.55. The highest BCUT2D eigenvalue weighted by atomic mass is 32.1. The van der Waals surface area contributed by atoms with Crippen molar-refractivity contribution in [2.45, 2.75) is 6.92 Å². The van der Waals surface area contributed by atoms with Crippen LogP contribution in [-0.2, 0) is 0 Å². The van der Waals surface area contributed by atoms with E-state index in [4.69, 9.17) is 0 Å². The minimum Gasteiger partial charge on any atom is -0.360 e. The van der Waals surface area contributed by atoms with E-state index in [1.165, 1.54) is 16.5 Å². The molecule has 0 aliphatic carbocycles. The van der Waals surface area contributed by atoms with Crippen LogP contribution in [0.1, 0.15) is 5.69 Å². The van der Waals surface area contributed by atoms with Crippen LogP contribution in [0.25, 0.3) is 21.5 Å². The van der Waals surface area contributed by atoms with Crippen molar-refractivity contribution < 1.29 is 0 Å². The van der Waals surface area contributed by atoms with Gasteiger partial charge in [0.15, 0.2) is 0 Å². The Balaban J connectivity index is 2.27. The van der Waals surface area contributed by atoms with Crippen molar-refractivity contribution in [2.75, 3.05) is 0 Å². The molecule has 15 heavy (non-hydrogen) atoms. The summed E-state index contributed by atoms with van der Waals surface area (Å²) >= 11 is 1.69. The molecule has 0 unspecified atom stereocenters. The van der Waals surface area contributed by atoms with Gasteiger partial charge in [0.2, 0.25) is 0 Å². The van der Waals surface area contributed by atoms with Crippen molar-refractivity contribution in [3.63, 3.8) is 0 Å². The Hall–Kier alpha value is -1.61. The van der Waals surface area contributed by atoms with Crippen LogP contribution in [0.2, 0.25) is 0 Å². The molecule has 1 N–H and O–H groups in total. The second-order valence-corrected chi connectivity index (χ2v) is 4.40. The molecular weight excluding hydrogens is 204 g/mol. The molecule has 2 aromatic heterocycles. The first-order chi connectivity index (χ1) is 7.34. The molecule has 0 atom stereocenters. The topological polar surface area (TPSA) is 28.7 Å². The first kappa shape index (κ1) is 8.68. The first-order valence-corrected chi connectivity index (χ1v) is 5.71. The number of nitrogens with one attached hydrogen (secondary N) is 1. The number of rotatable bonds is 1. The van der Waals surface area contributed by atoms with Crippen LogP contribution in [0.15, 0.2) is 35.8 Å². The van der Waals surface area contributed by atoms with E-state index in [2.05, 4.69) is 33.5 Å². The number of hydrogen-bond donors (Lipinski definition) is 1. The minimum atomic E-state index is 1.08. The summed E-state index contributed by atoms with van der Waals surface area (Å²) in [6.45, 7) is 2.02. The minimum absolute atomic E-state index is 1.08. The average Bonchev–Trinajstić information content (AvgIpc) is 2.83. The number of thiazole rings is 1. The van der Waals surface area contributed by atoms with E-state index >= 15 is 0 Å². The predicted octanol–water partition coefficient (Wildman–Crippen LogP) is 3.60. The lowest BCUT2D eigenvalue weighted by atomic mass is 10.2. The van der Waals surface area contributed by atoms with Crippen LogP contribution in [0.3, 0.4) is 0 Å². The summed E-state index contributed by atoms with van der Waals surface area (Å²) in [7, 11) is 0. The molecule has 0 saturated carbocycles. The van der Waals surface area contributed by atoms with Gasteiger partial charge < -0.3 is 4.98 Å². The van der Waals surface area contributed by atoms with E-state index < -0.39 is 0 Å². The maximum Gasteiger partial charge on any atom is 0.125 e. The van der Waals surface area contributed by atoms with Crippen LogP contribution in [0.4, 0.5) is 0 Å². The number of fused-ring (bicyclic) bond motifs is 1. The van der Waals surface area contributed by atoms with Gasteiger partial charge in [0, 0.05) is 33.7 Å². The number of aromatic amines is 1. The lowest BCUT2D eigenvalue weighted by molar-refractivity contribution is 1.27. The molecule has 0 aliphatic heterocycles. The van der Waals surface area contributed by atoms with E-state index in [1.807, 2.05) is 19.2 Å². The van der Waals surface area contributed by atoms with Crippen LogP contribution >= 0.6 is 11.3 Å². The normalized spacial score (nSPS) is 11.0. The highest BCUT2D eigenvalue weighted by Gasteiger charge is 2.07. The standard InChI is InChI=1S/C12H10N2S/c1-8-7-15-12(14-8)10-6-13-11-5-3-2-4-9(10)11/h2-7,13H,1H3. The van der Waals surface area contributed by atoms with Crippen LogP contribution in [0, 0.1) is 6.92 Å². The Morgan fingerprint density at radius 1 is 1.27 bits per heavy atom. The van der Waals surface area contributed by atoms with Gasteiger partial charge in [-0.05, 0) is 13.0 Å². The lowest BCUT2D eigenvalue weighted by Gasteiger charge is -1.92. The Morgan fingerprint density at radius 2 is 2.13 bits per heavy atom. The van der Waals surface area contributed by atoms with Gasteiger partial charge in [0.1, 0.15) is 5.01 Å². The molecule has 3 aromatic rings. The summed E-state index contributed by atoms with van der Waals surface area (Å²) in [5.74, 6) is 0. The number of para-hydroxylation sites is 1. The van der Waals surface area contributed by atoms with Gasteiger partial charge in [-0.25, -0.2) is 4.98 Å². The molecule has 2 heterocycles. The third-order valence-electron chi connectivity index (χ3n) is 2.44. The fraction of sp³-hybridized carbons (Fsp3) is 0.0833. The Labute approximate surface area is 91.6 Å². The Bertz CT molecular complexity index is 607. The van der Waals surface area contributed by atoms with Crippen molar-refractivity contribution in [1.29, 1.82) is 0 Å². The molecule has 0 aliphatic rings. The summed E-state index contributed by atoms with van der Waals surface area (Å²) in [5, 5.41) is 4.41. The van der Waals surface area contributed by atoms with Crippen molar-refractivity contribution in [3.05, 3.63) is 41.5 Å². The molecule has 2 nitrogen and oxygen atoms in total. The quantitative estimate of drug-likeness (QED) is 0.658. The zero-order valence-corrected chi connectivity index (χ0v) is 9.14. The second kappa shape index (κ2) is 3.21. The highest BCUT2D eigenvalue weighted by molar-refractivity contribution is 7.13. The van der Waals surface area contributed by atoms with Crippen molar-refractivity contribution >= 4 is 22.2 Å². The maximum atomic E-state index is 4.50. The molecule has 0 fully saturated rings. The maximum absolute atomic E-state index is 4.50. The smallest absolute Gasteiger partial charge is 0.125 e. The van der Waals surface area contributed by atoms with Crippen LogP contribution in [0.5, 0.6) is 0 Å². The lowest BCUT2D eigenvalue weighted by Crippen LogP contribution is -1.74. The van der Waals surface area contributed by atoms with Gasteiger partial charge in [-0.15, -0.1) is 11.3 Å². The monoisotopic (exact) mass is 214 g/mol.